The molecule has 3 atom stereocenters. The van der Waals surface area contributed by atoms with Crippen LogP contribution in [0.5, 0.6) is 0 Å². The second kappa shape index (κ2) is 4.79. The molecule has 2 fully saturated rings. The summed E-state index contributed by atoms with van der Waals surface area (Å²) < 4.78 is 0. The Labute approximate surface area is 104 Å². The maximum atomic E-state index is 3.72. The number of nitrogens with one attached hydrogen (secondary N) is 2. The van der Waals surface area contributed by atoms with Crippen LogP contribution in [0.2, 0.25) is 0 Å². The van der Waals surface area contributed by atoms with E-state index in [0.29, 0.717) is 0 Å². The first kappa shape index (κ1) is 11.2. The maximum Gasteiger partial charge on any atom is 0.0208 e. The van der Waals surface area contributed by atoms with Crippen molar-refractivity contribution < 1.29 is 0 Å². The normalized spacial score (nSPS) is 31.7. The summed E-state index contributed by atoms with van der Waals surface area (Å²) in [7, 11) is 0. The second-order valence-corrected chi connectivity index (χ2v) is 5.67. The van der Waals surface area contributed by atoms with E-state index in [1.807, 2.05) is 0 Å². The Kier molecular flexibility index (Phi) is 3.17. The molecule has 2 nitrogen and oxygen atoms in total. The summed E-state index contributed by atoms with van der Waals surface area (Å²) >= 11 is 0. The highest BCUT2D eigenvalue weighted by molar-refractivity contribution is 5.21. The number of aryl methyl sites for hydroxylation is 1. The molecular weight excluding hydrogens is 208 g/mol. The van der Waals surface area contributed by atoms with Crippen LogP contribution in [0.25, 0.3) is 0 Å². The van der Waals surface area contributed by atoms with Gasteiger partial charge < -0.3 is 10.6 Å². The largest absolute Gasteiger partial charge is 0.311 e. The lowest BCUT2D eigenvalue weighted by atomic mass is 9.99. The zero-order chi connectivity index (χ0) is 11.7. The van der Waals surface area contributed by atoms with E-state index >= 15 is 0 Å². The third kappa shape index (κ3) is 2.70. The fourth-order valence-electron chi connectivity index (χ4n) is 3.19. The van der Waals surface area contributed by atoms with E-state index in [0.717, 1.165) is 24.7 Å². The van der Waals surface area contributed by atoms with Gasteiger partial charge in [0.05, 0.1) is 0 Å². The highest BCUT2D eigenvalue weighted by Gasteiger charge is 2.32. The average Bonchev–Trinajstić information content (AvgIpc) is 2.68. The highest BCUT2D eigenvalue weighted by Crippen LogP contribution is 2.26. The van der Waals surface area contributed by atoms with Crippen LogP contribution in [0.1, 0.15) is 36.8 Å². The first-order valence-electron chi connectivity index (χ1n) is 6.84. The maximum absolute atomic E-state index is 3.72. The van der Waals surface area contributed by atoms with Gasteiger partial charge in [-0.15, -0.1) is 0 Å². The number of hydrogen-bond acceptors (Lipinski definition) is 2. The van der Waals surface area contributed by atoms with E-state index in [1.54, 1.807) is 0 Å². The Hall–Kier alpha value is -0.860. The van der Waals surface area contributed by atoms with Crippen molar-refractivity contribution in [3.05, 3.63) is 35.4 Å². The molecule has 1 aromatic rings. The van der Waals surface area contributed by atoms with E-state index in [1.165, 1.54) is 36.8 Å². The van der Waals surface area contributed by atoms with Crippen molar-refractivity contribution in [3.63, 3.8) is 0 Å². The SMILES string of the molecule is Cc1ccc(CN[C@H]2C[C@H]3CC[C@@H](C2)N3)cc1. The predicted octanol–water partition coefficient (Wildman–Crippen LogP) is 2.37. The third-order valence-electron chi connectivity index (χ3n) is 4.19. The standard InChI is InChI=1S/C15H22N2/c1-11-2-4-12(5-3-11)10-16-15-8-13-6-7-14(9-15)17-13/h2-5,13-17H,6-10H2,1H3/t13-,14+,15+. The molecule has 17 heavy (non-hydrogen) atoms. The molecule has 0 radical (unpaired) electrons. The third-order valence-corrected chi connectivity index (χ3v) is 4.19. The van der Waals surface area contributed by atoms with Crippen molar-refractivity contribution >= 4 is 0 Å². The van der Waals surface area contributed by atoms with Gasteiger partial charge in [0, 0.05) is 24.7 Å². The van der Waals surface area contributed by atoms with E-state index < -0.39 is 0 Å². The van der Waals surface area contributed by atoms with Crippen molar-refractivity contribution in [2.75, 3.05) is 0 Å². The summed E-state index contributed by atoms with van der Waals surface area (Å²) in [4.78, 5) is 0. The molecule has 2 bridgehead atoms. The predicted molar refractivity (Wildman–Crippen MR) is 71.0 cm³/mol. The van der Waals surface area contributed by atoms with E-state index in [4.69, 9.17) is 0 Å². The van der Waals surface area contributed by atoms with Crippen molar-refractivity contribution in [1.82, 2.24) is 10.6 Å². The van der Waals surface area contributed by atoms with Gasteiger partial charge in [-0.25, -0.2) is 0 Å². The minimum atomic E-state index is 0.718. The Morgan fingerprint density at radius 1 is 1.12 bits per heavy atom. The van der Waals surface area contributed by atoms with Crippen LogP contribution in [-0.4, -0.2) is 18.1 Å². The number of hydrogen-bond donors (Lipinski definition) is 2. The lowest BCUT2D eigenvalue weighted by Gasteiger charge is -2.29. The van der Waals surface area contributed by atoms with Crippen LogP contribution < -0.4 is 10.6 Å². The smallest absolute Gasteiger partial charge is 0.0208 e. The fraction of sp³-hybridized carbons (Fsp3) is 0.600. The molecule has 2 aliphatic rings. The minimum absolute atomic E-state index is 0.718. The summed E-state index contributed by atoms with van der Waals surface area (Å²) in [6, 6.07) is 11.1. The molecule has 3 rings (SSSR count). The Balaban J connectivity index is 1.52. The van der Waals surface area contributed by atoms with Crippen molar-refractivity contribution in [2.24, 2.45) is 0 Å². The molecule has 2 N–H and O–H groups in total. The Morgan fingerprint density at radius 3 is 2.41 bits per heavy atom. The molecule has 0 saturated carbocycles. The molecule has 2 aliphatic heterocycles. The number of piperidine rings is 1. The van der Waals surface area contributed by atoms with Gasteiger partial charge in [-0.2, -0.15) is 0 Å². The Bertz CT molecular complexity index is 359. The molecule has 0 amide bonds. The quantitative estimate of drug-likeness (QED) is 0.833. The van der Waals surface area contributed by atoms with Gasteiger partial charge in [-0.1, -0.05) is 29.8 Å². The van der Waals surface area contributed by atoms with Crippen molar-refractivity contribution in [1.29, 1.82) is 0 Å². The monoisotopic (exact) mass is 230 g/mol. The van der Waals surface area contributed by atoms with Crippen LogP contribution in [0, 0.1) is 6.92 Å². The number of fused-ring (bicyclic) bond motifs is 2. The molecule has 1 aromatic carbocycles. The summed E-state index contributed by atoms with van der Waals surface area (Å²) in [5.41, 5.74) is 2.75. The molecular formula is C15H22N2. The van der Waals surface area contributed by atoms with Crippen LogP contribution in [0.4, 0.5) is 0 Å². The van der Waals surface area contributed by atoms with Crippen molar-refractivity contribution in [3.8, 4) is 0 Å². The minimum Gasteiger partial charge on any atom is -0.311 e. The lowest BCUT2D eigenvalue weighted by molar-refractivity contribution is 0.316. The van der Waals surface area contributed by atoms with Gasteiger partial charge in [-0.05, 0) is 38.2 Å². The van der Waals surface area contributed by atoms with Crippen LogP contribution in [0.3, 0.4) is 0 Å². The molecule has 0 unspecified atom stereocenters. The van der Waals surface area contributed by atoms with Gasteiger partial charge in [0.1, 0.15) is 0 Å². The Morgan fingerprint density at radius 2 is 1.76 bits per heavy atom. The summed E-state index contributed by atoms with van der Waals surface area (Å²) in [5.74, 6) is 0. The van der Waals surface area contributed by atoms with E-state index in [2.05, 4.69) is 41.8 Å². The summed E-state index contributed by atoms with van der Waals surface area (Å²) in [6.07, 6.45) is 5.38. The van der Waals surface area contributed by atoms with Gasteiger partial charge in [-0.3, -0.25) is 0 Å². The molecule has 2 heterocycles. The lowest BCUT2D eigenvalue weighted by Crippen LogP contribution is -2.46. The topological polar surface area (TPSA) is 24.1 Å². The number of benzene rings is 1. The van der Waals surface area contributed by atoms with Crippen LogP contribution in [-0.2, 0) is 6.54 Å². The molecule has 0 spiro atoms. The zero-order valence-electron chi connectivity index (χ0n) is 10.6. The first-order valence-corrected chi connectivity index (χ1v) is 6.84. The average molecular weight is 230 g/mol. The summed E-state index contributed by atoms with van der Waals surface area (Å²) in [6.45, 7) is 3.16. The van der Waals surface area contributed by atoms with Gasteiger partial charge in [0.15, 0.2) is 0 Å². The molecule has 92 valence electrons. The van der Waals surface area contributed by atoms with Gasteiger partial charge >= 0.3 is 0 Å². The zero-order valence-corrected chi connectivity index (χ0v) is 10.6. The molecule has 0 aliphatic carbocycles. The summed E-state index contributed by atoms with van der Waals surface area (Å²) in [5, 5.41) is 7.40. The molecule has 0 aromatic heterocycles. The van der Waals surface area contributed by atoms with E-state index in [9.17, 15) is 0 Å². The highest BCUT2D eigenvalue weighted by atomic mass is 15.0. The fourth-order valence-corrected chi connectivity index (χ4v) is 3.19. The molecule has 2 heteroatoms. The van der Waals surface area contributed by atoms with Crippen LogP contribution >= 0.6 is 0 Å². The van der Waals surface area contributed by atoms with E-state index in [-0.39, 0.29) is 0 Å². The molecule has 2 saturated heterocycles. The van der Waals surface area contributed by atoms with Crippen molar-refractivity contribution in [2.45, 2.75) is 57.3 Å². The number of rotatable bonds is 3. The van der Waals surface area contributed by atoms with Gasteiger partial charge in [0.25, 0.3) is 0 Å². The van der Waals surface area contributed by atoms with Gasteiger partial charge in [0.2, 0.25) is 0 Å². The first-order chi connectivity index (χ1) is 8.29. The second-order valence-electron chi connectivity index (χ2n) is 5.67. The van der Waals surface area contributed by atoms with Crippen LogP contribution in [0.15, 0.2) is 24.3 Å².